The highest BCUT2D eigenvalue weighted by Crippen LogP contribution is 2.36. The summed E-state index contributed by atoms with van der Waals surface area (Å²) in [6, 6.07) is 7.57. The van der Waals surface area contributed by atoms with E-state index in [2.05, 4.69) is 14.9 Å². The maximum atomic E-state index is 12.2. The zero-order valence-electron chi connectivity index (χ0n) is 12.9. The second kappa shape index (κ2) is 5.84. The standard InChI is InChI=1S/C18H23N3O/c22-18-15-7-3-4-8-16(15)19-17(20-18)12-21-10-9-13-5-1-2-6-14(13)11-21/h3-4,7-8,13-14H,1-2,5-6,9-12H2,(H,19,20,22). The van der Waals surface area contributed by atoms with E-state index in [0.29, 0.717) is 5.39 Å². The van der Waals surface area contributed by atoms with Crippen molar-refractivity contribution in [2.45, 2.75) is 38.6 Å². The molecule has 2 aliphatic rings. The first-order valence-corrected chi connectivity index (χ1v) is 8.50. The number of fused-ring (bicyclic) bond motifs is 2. The highest BCUT2D eigenvalue weighted by Gasteiger charge is 2.31. The minimum absolute atomic E-state index is 0.0202. The van der Waals surface area contributed by atoms with Crippen molar-refractivity contribution in [3.8, 4) is 0 Å². The molecule has 0 bridgehead atoms. The van der Waals surface area contributed by atoms with Crippen LogP contribution >= 0.6 is 0 Å². The van der Waals surface area contributed by atoms with Crippen molar-refractivity contribution in [1.29, 1.82) is 0 Å². The third-order valence-electron chi connectivity index (χ3n) is 5.41. The monoisotopic (exact) mass is 297 g/mol. The molecule has 2 atom stereocenters. The minimum atomic E-state index is -0.0202. The molecule has 1 aliphatic heterocycles. The number of rotatable bonds is 2. The number of hydrogen-bond acceptors (Lipinski definition) is 3. The summed E-state index contributed by atoms with van der Waals surface area (Å²) in [4.78, 5) is 22.2. The Hall–Kier alpha value is -1.68. The molecule has 1 aromatic carbocycles. The van der Waals surface area contributed by atoms with E-state index in [-0.39, 0.29) is 5.56 Å². The van der Waals surface area contributed by atoms with Gasteiger partial charge in [-0.15, -0.1) is 0 Å². The van der Waals surface area contributed by atoms with Crippen LogP contribution in [0.15, 0.2) is 29.1 Å². The van der Waals surface area contributed by atoms with Crippen LogP contribution in [0, 0.1) is 11.8 Å². The highest BCUT2D eigenvalue weighted by atomic mass is 16.1. The van der Waals surface area contributed by atoms with E-state index >= 15 is 0 Å². The van der Waals surface area contributed by atoms with Crippen LogP contribution in [0.1, 0.15) is 37.9 Å². The molecule has 22 heavy (non-hydrogen) atoms. The predicted molar refractivity (Wildman–Crippen MR) is 87.7 cm³/mol. The van der Waals surface area contributed by atoms with Gasteiger partial charge in [-0.05, 0) is 43.4 Å². The Morgan fingerprint density at radius 2 is 1.95 bits per heavy atom. The van der Waals surface area contributed by atoms with Gasteiger partial charge in [0, 0.05) is 6.54 Å². The van der Waals surface area contributed by atoms with Gasteiger partial charge in [0.25, 0.3) is 5.56 Å². The van der Waals surface area contributed by atoms with Gasteiger partial charge in [0.1, 0.15) is 5.82 Å². The Kier molecular flexibility index (Phi) is 3.70. The van der Waals surface area contributed by atoms with E-state index in [0.717, 1.165) is 36.3 Å². The normalized spacial score (nSPS) is 26.0. The zero-order chi connectivity index (χ0) is 14.9. The second-order valence-corrected chi connectivity index (χ2v) is 6.86. The topological polar surface area (TPSA) is 49.0 Å². The second-order valence-electron chi connectivity index (χ2n) is 6.86. The van der Waals surface area contributed by atoms with Gasteiger partial charge in [-0.2, -0.15) is 0 Å². The molecule has 1 saturated carbocycles. The number of nitrogens with one attached hydrogen (secondary N) is 1. The summed E-state index contributed by atoms with van der Waals surface area (Å²) in [6.07, 6.45) is 6.91. The molecule has 4 nitrogen and oxygen atoms in total. The molecule has 1 aliphatic carbocycles. The lowest BCUT2D eigenvalue weighted by Gasteiger charge is -2.41. The van der Waals surface area contributed by atoms with Crippen LogP contribution < -0.4 is 5.56 Å². The first kappa shape index (κ1) is 13.9. The SMILES string of the molecule is O=c1[nH]c(CN2CCC3CCCCC3C2)nc2ccccc12. The molecular weight excluding hydrogens is 274 g/mol. The van der Waals surface area contributed by atoms with Crippen molar-refractivity contribution in [3.05, 3.63) is 40.4 Å². The van der Waals surface area contributed by atoms with E-state index in [1.54, 1.807) is 0 Å². The Morgan fingerprint density at radius 3 is 2.86 bits per heavy atom. The number of aromatic amines is 1. The lowest BCUT2D eigenvalue weighted by Crippen LogP contribution is -2.41. The van der Waals surface area contributed by atoms with Crippen molar-refractivity contribution in [3.63, 3.8) is 0 Å². The third kappa shape index (κ3) is 2.68. The van der Waals surface area contributed by atoms with Crippen LogP contribution in [0.4, 0.5) is 0 Å². The average Bonchev–Trinajstić information content (AvgIpc) is 2.55. The number of likely N-dealkylation sites (tertiary alicyclic amines) is 1. The fourth-order valence-corrected chi connectivity index (χ4v) is 4.24. The minimum Gasteiger partial charge on any atom is -0.309 e. The fourth-order valence-electron chi connectivity index (χ4n) is 4.24. The van der Waals surface area contributed by atoms with Gasteiger partial charge < -0.3 is 4.98 Å². The smallest absolute Gasteiger partial charge is 0.258 e. The molecule has 4 rings (SSSR count). The van der Waals surface area contributed by atoms with Gasteiger partial charge in [-0.1, -0.05) is 31.4 Å². The van der Waals surface area contributed by atoms with Crippen molar-refractivity contribution in [2.75, 3.05) is 13.1 Å². The molecule has 116 valence electrons. The van der Waals surface area contributed by atoms with E-state index < -0.39 is 0 Å². The first-order valence-electron chi connectivity index (χ1n) is 8.50. The van der Waals surface area contributed by atoms with Crippen LogP contribution in [0.2, 0.25) is 0 Å². The molecule has 0 radical (unpaired) electrons. The number of H-pyrrole nitrogens is 1. The lowest BCUT2D eigenvalue weighted by atomic mass is 9.75. The zero-order valence-corrected chi connectivity index (χ0v) is 12.9. The van der Waals surface area contributed by atoms with Crippen LogP contribution in [0.25, 0.3) is 10.9 Å². The molecule has 0 amide bonds. The third-order valence-corrected chi connectivity index (χ3v) is 5.41. The van der Waals surface area contributed by atoms with Crippen LogP contribution in [-0.2, 0) is 6.54 Å². The van der Waals surface area contributed by atoms with Crippen LogP contribution in [0.5, 0.6) is 0 Å². The predicted octanol–water partition coefficient (Wildman–Crippen LogP) is 2.94. The lowest BCUT2D eigenvalue weighted by molar-refractivity contribution is 0.0803. The van der Waals surface area contributed by atoms with Crippen LogP contribution in [0.3, 0.4) is 0 Å². The summed E-state index contributed by atoms with van der Waals surface area (Å²) in [5.41, 5.74) is 0.780. The number of para-hydroxylation sites is 1. The summed E-state index contributed by atoms with van der Waals surface area (Å²) in [5.74, 6) is 2.60. The molecule has 2 aromatic rings. The largest absolute Gasteiger partial charge is 0.309 e. The van der Waals surface area contributed by atoms with Gasteiger partial charge in [0.15, 0.2) is 0 Å². The van der Waals surface area contributed by atoms with E-state index in [1.165, 1.54) is 38.6 Å². The van der Waals surface area contributed by atoms with Crippen molar-refractivity contribution in [2.24, 2.45) is 11.8 Å². The van der Waals surface area contributed by atoms with Gasteiger partial charge in [-0.3, -0.25) is 9.69 Å². The van der Waals surface area contributed by atoms with Gasteiger partial charge in [0.2, 0.25) is 0 Å². The van der Waals surface area contributed by atoms with Gasteiger partial charge in [0.05, 0.1) is 17.4 Å². The fraction of sp³-hybridized carbons (Fsp3) is 0.556. The molecule has 1 saturated heterocycles. The molecular formula is C18H23N3O. The molecule has 2 fully saturated rings. The summed E-state index contributed by atoms with van der Waals surface area (Å²) in [6.45, 7) is 3.07. The number of nitrogens with zero attached hydrogens (tertiary/aromatic N) is 2. The van der Waals surface area contributed by atoms with Crippen molar-refractivity contribution in [1.82, 2.24) is 14.9 Å². The molecule has 2 unspecified atom stereocenters. The Morgan fingerprint density at radius 1 is 1.14 bits per heavy atom. The number of aromatic nitrogens is 2. The maximum absolute atomic E-state index is 12.2. The average molecular weight is 297 g/mol. The van der Waals surface area contributed by atoms with Crippen molar-refractivity contribution < 1.29 is 0 Å². The van der Waals surface area contributed by atoms with Gasteiger partial charge >= 0.3 is 0 Å². The van der Waals surface area contributed by atoms with Gasteiger partial charge in [-0.25, -0.2) is 4.98 Å². The summed E-state index contributed by atoms with van der Waals surface area (Å²) in [5, 5.41) is 0.678. The number of hydrogen-bond donors (Lipinski definition) is 1. The molecule has 1 N–H and O–H groups in total. The maximum Gasteiger partial charge on any atom is 0.258 e. The Balaban J connectivity index is 1.52. The molecule has 1 aromatic heterocycles. The quantitative estimate of drug-likeness (QED) is 0.927. The number of piperidine rings is 1. The first-order chi connectivity index (χ1) is 10.8. The van der Waals surface area contributed by atoms with Crippen molar-refractivity contribution >= 4 is 10.9 Å². The Labute approximate surface area is 130 Å². The van der Waals surface area contributed by atoms with E-state index in [1.807, 2.05) is 24.3 Å². The molecule has 4 heteroatoms. The number of benzene rings is 1. The molecule has 0 spiro atoms. The van der Waals surface area contributed by atoms with Crippen LogP contribution in [-0.4, -0.2) is 28.0 Å². The molecule has 2 heterocycles. The summed E-state index contributed by atoms with van der Waals surface area (Å²) < 4.78 is 0. The summed E-state index contributed by atoms with van der Waals surface area (Å²) >= 11 is 0. The summed E-state index contributed by atoms with van der Waals surface area (Å²) in [7, 11) is 0. The van der Waals surface area contributed by atoms with E-state index in [4.69, 9.17) is 0 Å². The highest BCUT2D eigenvalue weighted by molar-refractivity contribution is 5.77. The Bertz CT molecular complexity index is 724. The van der Waals surface area contributed by atoms with E-state index in [9.17, 15) is 4.79 Å².